The second kappa shape index (κ2) is 11.2. The minimum atomic E-state index is 1.06. The van der Waals surface area contributed by atoms with Crippen molar-refractivity contribution in [2.75, 3.05) is 0 Å². The van der Waals surface area contributed by atoms with Crippen LogP contribution in [0.3, 0.4) is 0 Å². The van der Waals surface area contributed by atoms with Crippen molar-refractivity contribution in [3.05, 3.63) is 167 Å². The Hall–Kier alpha value is -4.50. The fourth-order valence-electron chi connectivity index (χ4n) is 6.79. The molecule has 0 spiro atoms. The van der Waals surface area contributed by atoms with E-state index in [2.05, 4.69) is 190 Å². The fourth-order valence-corrected chi connectivity index (χ4v) is 7.51. The third-order valence-corrected chi connectivity index (χ3v) is 9.53. The highest BCUT2D eigenvalue weighted by Gasteiger charge is 2.26. The van der Waals surface area contributed by atoms with E-state index in [9.17, 15) is 0 Å². The standard InChI is InChI=1S/C42H26Br2/c43-31-21-23-33-35(25-31)40(30-19-11-4-12-20-30)42-38(28-15-7-2-8-16-28)34-24-22-32(44)26-36(34)39(29-17-9-3-10-18-29)41(42)37(33)27-13-5-1-6-14-27/h1-26H. The maximum Gasteiger partial charge on any atom is 0.0181 e. The minimum Gasteiger partial charge on any atom is -0.0622 e. The van der Waals surface area contributed by atoms with Crippen LogP contribution in [-0.4, -0.2) is 0 Å². The number of hydrogen-bond donors (Lipinski definition) is 0. The molecule has 0 aliphatic heterocycles. The van der Waals surface area contributed by atoms with Crippen LogP contribution in [-0.2, 0) is 0 Å². The number of benzene rings is 8. The maximum atomic E-state index is 3.84. The van der Waals surface area contributed by atoms with Gasteiger partial charge >= 0.3 is 0 Å². The Bertz CT molecular complexity index is 2140. The molecule has 0 N–H and O–H groups in total. The molecule has 0 bridgehead atoms. The largest absolute Gasteiger partial charge is 0.0622 e. The van der Waals surface area contributed by atoms with Crippen LogP contribution in [0, 0.1) is 0 Å². The first-order valence-electron chi connectivity index (χ1n) is 14.7. The van der Waals surface area contributed by atoms with Gasteiger partial charge in [0.1, 0.15) is 0 Å². The first-order chi connectivity index (χ1) is 21.7. The highest BCUT2D eigenvalue weighted by Crippen LogP contribution is 2.54. The Morgan fingerprint density at radius 3 is 0.841 bits per heavy atom. The third kappa shape index (κ3) is 4.49. The van der Waals surface area contributed by atoms with E-state index in [0.717, 1.165) is 8.95 Å². The van der Waals surface area contributed by atoms with Gasteiger partial charge in [0.2, 0.25) is 0 Å². The SMILES string of the molecule is Brc1ccc2c(-c3ccccc3)c3c(-c4ccccc4)c4cc(Br)ccc4c(-c4ccccc4)c3c(-c3ccccc3)c2c1. The van der Waals surface area contributed by atoms with Crippen LogP contribution in [0.5, 0.6) is 0 Å². The zero-order chi connectivity index (χ0) is 29.6. The summed E-state index contributed by atoms with van der Waals surface area (Å²) in [6.45, 7) is 0. The van der Waals surface area contributed by atoms with Crippen molar-refractivity contribution in [3.8, 4) is 44.5 Å². The molecule has 0 saturated carbocycles. The van der Waals surface area contributed by atoms with Gasteiger partial charge in [0.25, 0.3) is 0 Å². The summed E-state index contributed by atoms with van der Waals surface area (Å²) in [6, 6.07) is 57.1. The van der Waals surface area contributed by atoms with Crippen LogP contribution >= 0.6 is 31.9 Å². The lowest BCUT2D eigenvalue weighted by atomic mass is 9.77. The van der Waals surface area contributed by atoms with Crippen LogP contribution in [0.2, 0.25) is 0 Å². The van der Waals surface area contributed by atoms with E-state index in [4.69, 9.17) is 0 Å². The maximum absolute atomic E-state index is 3.84. The Kier molecular flexibility index (Phi) is 6.90. The number of fused-ring (bicyclic) bond motifs is 3. The van der Waals surface area contributed by atoms with Gasteiger partial charge in [0.05, 0.1) is 0 Å². The monoisotopic (exact) mass is 688 g/mol. The molecule has 44 heavy (non-hydrogen) atoms. The van der Waals surface area contributed by atoms with Gasteiger partial charge in [-0.15, -0.1) is 0 Å². The highest BCUT2D eigenvalue weighted by atomic mass is 79.9. The van der Waals surface area contributed by atoms with Crippen LogP contribution in [0.4, 0.5) is 0 Å². The van der Waals surface area contributed by atoms with E-state index < -0.39 is 0 Å². The topological polar surface area (TPSA) is 0 Å². The first-order valence-corrected chi connectivity index (χ1v) is 16.3. The van der Waals surface area contributed by atoms with Crippen LogP contribution in [0.1, 0.15) is 0 Å². The molecule has 8 aromatic rings. The third-order valence-electron chi connectivity index (χ3n) is 8.54. The van der Waals surface area contributed by atoms with Gasteiger partial charge in [-0.3, -0.25) is 0 Å². The Balaban J connectivity index is 1.79. The number of rotatable bonds is 4. The molecule has 2 heteroatoms. The Morgan fingerprint density at radius 2 is 0.545 bits per heavy atom. The molecule has 8 rings (SSSR count). The molecule has 0 radical (unpaired) electrons. The summed E-state index contributed by atoms with van der Waals surface area (Å²) in [7, 11) is 0. The smallest absolute Gasteiger partial charge is 0.0181 e. The second-order valence-corrected chi connectivity index (χ2v) is 12.9. The molecule has 0 saturated heterocycles. The van der Waals surface area contributed by atoms with Gasteiger partial charge in [-0.2, -0.15) is 0 Å². The molecule has 0 amide bonds. The van der Waals surface area contributed by atoms with Crippen molar-refractivity contribution in [3.63, 3.8) is 0 Å². The lowest BCUT2D eigenvalue weighted by molar-refractivity contribution is 1.62. The molecule has 0 heterocycles. The second-order valence-electron chi connectivity index (χ2n) is 11.1. The molecule has 8 aromatic carbocycles. The van der Waals surface area contributed by atoms with Crippen molar-refractivity contribution in [2.45, 2.75) is 0 Å². The predicted molar refractivity (Wildman–Crippen MR) is 196 cm³/mol. The molecule has 208 valence electrons. The highest BCUT2D eigenvalue weighted by molar-refractivity contribution is 9.10. The van der Waals surface area contributed by atoms with Gasteiger partial charge in [0.15, 0.2) is 0 Å². The van der Waals surface area contributed by atoms with Crippen molar-refractivity contribution in [2.24, 2.45) is 0 Å². The van der Waals surface area contributed by atoms with E-state index in [1.807, 2.05) is 0 Å². The van der Waals surface area contributed by atoms with E-state index in [1.165, 1.54) is 76.8 Å². The first kappa shape index (κ1) is 27.1. The molecule has 0 fully saturated rings. The summed E-state index contributed by atoms with van der Waals surface area (Å²) in [6.07, 6.45) is 0. The van der Waals surface area contributed by atoms with E-state index in [1.54, 1.807) is 0 Å². The summed E-state index contributed by atoms with van der Waals surface area (Å²) in [5.74, 6) is 0. The summed E-state index contributed by atoms with van der Waals surface area (Å²) in [5.41, 5.74) is 9.81. The molecular formula is C42H26Br2. The Morgan fingerprint density at radius 1 is 0.273 bits per heavy atom. The van der Waals surface area contributed by atoms with Crippen LogP contribution in [0.15, 0.2) is 167 Å². The summed E-state index contributed by atoms with van der Waals surface area (Å²) >= 11 is 7.68. The zero-order valence-electron chi connectivity index (χ0n) is 23.8. The average Bonchev–Trinajstić information content (AvgIpc) is 3.07. The van der Waals surface area contributed by atoms with Crippen molar-refractivity contribution in [1.82, 2.24) is 0 Å². The summed E-state index contributed by atoms with van der Waals surface area (Å²) < 4.78 is 2.13. The number of halogens is 2. The lowest BCUT2D eigenvalue weighted by Gasteiger charge is -2.25. The minimum absolute atomic E-state index is 1.06. The van der Waals surface area contributed by atoms with Crippen molar-refractivity contribution < 1.29 is 0 Å². The summed E-state index contributed by atoms with van der Waals surface area (Å²) in [4.78, 5) is 0. The van der Waals surface area contributed by atoms with Gasteiger partial charge in [-0.05, 0) is 101 Å². The lowest BCUT2D eigenvalue weighted by Crippen LogP contribution is -1.98. The molecular weight excluding hydrogens is 664 g/mol. The molecule has 0 atom stereocenters. The van der Waals surface area contributed by atoms with E-state index in [-0.39, 0.29) is 0 Å². The van der Waals surface area contributed by atoms with Crippen LogP contribution in [0.25, 0.3) is 76.8 Å². The molecule has 0 nitrogen and oxygen atoms in total. The normalized spacial score (nSPS) is 11.4. The van der Waals surface area contributed by atoms with Gasteiger partial charge < -0.3 is 0 Å². The van der Waals surface area contributed by atoms with Gasteiger partial charge in [-0.25, -0.2) is 0 Å². The number of hydrogen-bond acceptors (Lipinski definition) is 0. The average molecular weight is 690 g/mol. The van der Waals surface area contributed by atoms with E-state index in [0.29, 0.717) is 0 Å². The molecule has 0 aromatic heterocycles. The molecule has 0 aliphatic carbocycles. The molecule has 0 unspecified atom stereocenters. The molecule has 0 aliphatic rings. The summed E-state index contributed by atoms with van der Waals surface area (Å²) in [5, 5.41) is 7.45. The zero-order valence-corrected chi connectivity index (χ0v) is 26.9. The van der Waals surface area contributed by atoms with E-state index >= 15 is 0 Å². The quantitative estimate of drug-likeness (QED) is 0.161. The van der Waals surface area contributed by atoms with Crippen molar-refractivity contribution >= 4 is 64.2 Å². The van der Waals surface area contributed by atoms with Gasteiger partial charge in [-0.1, -0.05) is 165 Å². The predicted octanol–water partition coefficient (Wildman–Crippen LogP) is 13.3. The Labute approximate surface area is 273 Å². The fraction of sp³-hybridized carbons (Fsp3) is 0. The van der Waals surface area contributed by atoms with Gasteiger partial charge in [0, 0.05) is 8.95 Å². The van der Waals surface area contributed by atoms with Crippen molar-refractivity contribution in [1.29, 1.82) is 0 Å². The van der Waals surface area contributed by atoms with Crippen LogP contribution < -0.4 is 0 Å².